The van der Waals surface area contributed by atoms with Crippen molar-refractivity contribution in [2.75, 3.05) is 11.5 Å². The highest BCUT2D eigenvalue weighted by Gasteiger charge is 2.08. The minimum Gasteiger partial charge on any atom is -0.368 e. The summed E-state index contributed by atoms with van der Waals surface area (Å²) in [6, 6.07) is 13.9. The van der Waals surface area contributed by atoms with E-state index in [-0.39, 0.29) is 11.9 Å². The molecule has 0 atom stereocenters. The van der Waals surface area contributed by atoms with Crippen molar-refractivity contribution in [1.29, 1.82) is 0 Å². The van der Waals surface area contributed by atoms with E-state index >= 15 is 0 Å². The number of hydrogen-bond donors (Lipinski definition) is 2. The second-order valence-corrected chi connectivity index (χ2v) is 3.90. The van der Waals surface area contributed by atoms with Gasteiger partial charge in [-0.1, -0.05) is 42.5 Å². The van der Waals surface area contributed by atoms with Gasteiger partial charge in [0.1, 0.15) is 0 Å². The van der Waals surface area contributed by atoms with Gasteiger partial charge in [-0.15, -0.1) is 0 Å². The summed E-state index contributed by atoms with van der Waals surface area (Å²) in [7, 11) is 0. The number of benzene rings is 2. The van der Waals surface area contributed by atoms with Crippen LogP contribution in [-0.4, -0.2) is 15.0 Å². The van der Waals surface area contributed by atoms with Crippen LogP contribution in [0.25, 0.3) is 22.2 Å². The van der Waals surface area contributed by atoms with Crippen LogP contribution in [0.15, 0.2) is 42.5 Å². The summed E-state index contributed by atoms with van der Waals surface area (Å²) in [5, 5.41) is 2.18. The van der Waals surface area contributed by atoms with E-state index < -0.39 is 0 Å². The van der Waals surface area contributed by atoms with Crippen LogP contribution in [0.1, 0.15) is 0 Å². The lowest BCUT2D eigenvalue weighted by molar-refractivity contribution is 1.09. The molecule has 0 radical (unpaired) electrons. The van der Waals surface area contributed by atoms with Crippen LogP contribution < -0.4 is 11.5 Å². The van der Waals surface area contributed by atoms with Gasteiger partial charge < -0.3 is 11.5 Å². The maximum Gasteiger partial charge on any atom is 0.225 e. The summed E-state index contributed by atoms with van der Waals surface area (Å²) < 4.78 is 0. The standard InChI is InChI=1S/C13H11N5/c14-12-16-11(17-13(15)18-12)10-7-3-5-8-4-1-2-6-9(8)10/h1-7H,(H4,14,15,16,17,18). The van der Waals surface area contributed by atoms with Crippen molar-refractivity contribution in [1.82, 2.24) is 15.0 Å². The first-order chi connectivity index (χ1) is 8.74. The topological polar surface area (TPSA) is 90.7 Å². The van der Waals surface area contributed by atoms with Crippen LogP contribution in [0.4, 0.5) is 11.9 Å². The molecule has 0 unspecified atom stereocenters. The zero-order valence-corrected chi connectivity index (χ0v) is 9.54. The molecule has 5 heteroatoms. The van der Waals surface area contributed by atoms with Crippen molar-refractivity contribution in [2.24, 2.45) is 0 Å². The number of rotatable bonds is 1. The van der Waals surface area contributed by atoms with Gasteiger partial charge in [0.2, 0.25) is 11.9 Å². The maximum atomic E-state index is 5.60. The van der Waals surface area contributed by atoms with Gasteiger partial charge in [-0.3, -0.25) is 0 Å². The molecule has 3 aromatic rings. The summed E-state index contributed by atoms with van der Waals surface area (Å²) >= 11 is 0. The third-order valence-electron chi connectivity index (χ3n) is 2.70. The molecule has 0 aliphatic rings. The first-order valence-electron chi connectivity index (χ1n) is 5.49. The molecule has 3 rings (SSSR count). The molecule has 4 N–H and O–H groups in total. The quantitative estimate of drug-likeness (QED) is 0.674. The van der Waals surface area contributed by atoms with Crippen molar-refractivity contribution in [2.45, 2.75) is 0 Å². The van der Waals surface area contributed by atoms with E-state index in [4.69, 9.17) is 11.5 Å². The first kappa shape index (κ1) is 10.5. The second-order valence-electron chi connectivity index (χ2n) is 3.90. The summed E-state index contributed by atoms with van der Waals surface area (Å²) in [5.74, 6) is 0.757. The first-order valence-corrected chi connectivity index (χ1v) is 5.49. The fourth-order valence-corrected chi connectivity index (χ4v) is 1.95. The Morgan fingerprint density at radius 2 is 1.39 bits per heavy atom. The van der Waals surface area contributed by atoms with Crippen LogP contribution >= 0.6 is 0 Å². The van der Waals surface area contributed by atoms with Gasteiger partial charge in [-0.05, 0) is 10.8 Å². The summed E-state index contributed by atoms with van der Waals surface area (Å²) in [6.45, 7) is 0. The highest BCUT2D eigenvalue weighted by Crippen LogP contribution is 2.26. The SMILES string of the molecule is Nc1nc(N)nc(-c2cccc3ccccc23)n1. The normalized spacial score (nSPS) is 10.7. The van der Waals surface area contributed by atoms with Crippen molar-refractivity contribution < 1.29 is 0 Å². The van der Waals surface area contributed by atoms with E-state index in [0.29, 0.717) is 5.82 Å². The van der Waals surface area contributed by atoms with Gasteiger partial charge in [0.25, 0.3) is 0 Å². The lowest BCUT2D eigenvalue weighted by Gasteiger charge is -2.06. The lowest BCUT2D eigenvalue weighted by atomic mass is 10.0. The zero-order valence-electron chi connectivity index (χ0n) is 9.54. The van der Waals surface area contributed by atoms with E-state index in [2.05, 4.69) is 15.0 Å². The Hall–Kier alpha value is -2.69. The van der Waals surface area contributed by atoms with E-state index in [0.717, 1.165) is 16.3 Å². The fourth-order valence-electron chi connectivity index (χ4n) is 1.95. The molecule has 1 aromatic heterocycles. The lowest BCUT2D eigenvalue weighted by Crippen LogP contribution is -2.04. The van der Waals surface area contributed by atoms with Crippen molar-refractivity contribution in [3.05, 3.63) is 42.5 Å². The summed E-state index contributed by atoms with van der Waals surface area (Å²) in [5.41, 5.74) is 12.1. The molecule has 0 fully saturated rings. The van der Waals surface area contributed by atoms with Crippen LogP contribution in [0.5, 0.6) is 0 Å². The Morgan fingerprint density at radius 3 is 2.17 bits per heavy atom. The van der Waals surface area contributed by atoms with Crippen LogP contribution in [0, 0.1) is 0 Å². The number of nitrogens with two attached hydrogens (primary N) is 2. The summed E-state index contributed by atoms with van der Waals surface area (Å²) in [4.78, 5) is 12.0. The fraction of sp³-hybridized carbons (Fsp3) is 0. The van der Waals surface area contributed by atoms with Crippen molar-refractivity contribution in [3.8, 4) is 11.4 Å². The van der Waals surface area contributed by atoms with E-state index in [1.807, 2.05) is 42.5 Å². The van der Waals surface area contributed by atoms with Gasteiger partial charge in [-0.2, -0.15) is 15.0 Å². The molecule has 0 saturated carbocycles. The average molecular weight is 237 g/mol. The van der Waals surface area contributed by atoms with Gasteiger partial charge >= 0.3 is 0 Å². The monoisotopic (exact) mass is 237 g/mol. The van der Waals surface area contributed by atoms with E-state index in [9.17, 15) is 0 Å². The largest absolute Gasteiger partial charge is 0.368 e. The Balaban J connectivity index is 2.31. The van der Waals surface area contributed by atoms with Gasteiger partial charge in [0, 0.05) is 5.56 Å². The molecule has 88 valence electrons. The molecule has 18 heavy (non-hydrogen) atoms. The highest BCUT2D eigenvalue weighted by molar-refractivity contribution is 5.95. The summed E-state index contributed by atoms with van der Waals surface area (Å²) in [6.07, 6.45) is 0. The molecule has 2 aromatic carbocycles. The molecule has 0 bridgehead atoms. The van der Waals surface area contributed by atoms with Crippen molar-refractivity contribution in [3.63, 3.8) is 0 Å². The smallest absolute Gasteiger partial charge is 0.225 e. The molecule has 1 heterocycles. The number of aromatic nitrogens is 3. The average Bonchev–Trinajstić information content (AvgIpc) is 2.37. The Bertz CT molecular complexity index is 698. The zero-order chi connectivity index (χ0) is 12.5. The molecule has 0 aliphatic carbocycles. The van der Waals surface area contributed by atoms with Crippen molar-refractivity contribution >= 4 is 22.7 Å². The van der Waals surface area contributed by atoms with Crippen LogP contribution in [0.2, 0.25) is 0 Å². The van der Waals surface area contributed by atoms with Gasteiger partial charge in [0.05, 0.1) is 0 Å². The molecular formula is C13H11N5. The van der Waals surface area contributed by atoms with Crippen LogP contribution in [-0.2, 0) is 0 Å². The molecule has 0 saturated heterocycles. The number of nitrogens with zero attached hydrogens (tertiary/aromatic N) is 3. The molecular weight excluding hydrogens is 226 g/mol. The Labute approximate surface area is 104 Å². The Morgan fingerprint density at radius 1 is 0.722 bits per heavy atom. The minimum absolute atomic E-state index is 0.130. The number of anilines is 2. The minimum atomic E-state index is 0.130. The predicted octanol–water partition coefficient (Wildman–Crippen LogP) is 1.86. The molecule has 0 spiro atoms. The highest BCUT2D eigenvalue weighted by atomic mass is 15.1. The molecule has 5 nitrogen and oxygen atoms in total. The van der Waals surface area contributed by atoms with Gasteiger partial charge in [0.15, 0.2) is 5.82 Å². The predicted molar refractivity (Wildman–Crippen MR) is 71.6 cm³/mol. The molecule has 0 aliphatic heterocycles. The number of fused-ring (bicyclic) bond motifs is 1. The second kappa shape index (κ2) is 3.96. The molecule has 0 amide bonds. The van der Waals surface area contributed by atoms with E-state index in [1.165, 1.54) is 0 Å². The third kappa shape index (κ3) is 1.71. The van der Waals surface area contributed by atoms with E-state index in [1.54, 1.807) is 0 Å². The Kier molecular flexibility index (Phi) is 2.30. The van der Waals surface area contributed by atoms with Gasteiger partial charge in [-0.25, -0.2) is 0 Å². The van der Waals surface area contributed by atoms with Crippen LogP contribution in [0.3, 0.4) is 0 Å². The number of hydrogen-bond acceptors (Lipinski definition) is 5. The maximum absolute atomic E-state index is 5.60. The number of nitrogen functional groups attached to an aromatic ring is 2. The third-order valence-corrected chi connectivity index (χ3v) is 2.70.